The van der Waals surface area contributed by atoms with Gasteiger partial charge in [-0.1, -0.05) is 26.8 Å². The van der Waals surface area contributed by atoms with Gasteiger partial charge in [-0.25, -0.2) is 4.79 Å². The lowest BCUT2D eigenvalue weighted by atomic mass is 9.86. The summed E-state index contributed by atoms with van der Waals surface area (Å²) in [4.78, 5) is 23.1. The highest BCUT2D eigenvalue weighted by molar-refractivity contribution is 5.98. The molecule has 0 aliphatic carbocycles. The molecule has 1 aromatic rings. The van der Waals surface area contributed by atoms with E-state index in [2.05, 4.69) is 36.7 Å². The van der Waals surface area contributed by atoms with Crippen molar-refractivity contribution in [3.63, 3.8) is 0 Å². The molecule has 1 aromatic carbocycles. The van der Waals surface area contributed by atoms with Crippen LogP contribution in [-0.2, 0) is 10.2 Å². The minimum Gasteiger partial charge on any atom is -0.495 e. The molecule has 0 saturated heterocycles. The van der Waals surface area contributed by atoms with Crippen LogP contribution in [0.2, 0.25) is 0 Å². The van der Waals surface area contributed by atoms with Crippen LogP contribution >= 0.6 is 0 Å². The number of nitrogens with one attached hydrogen (secondary N) is 3. The van der Waals surface area contributed by atoms with Crippen molar-refractivity contribution < 1.29 is 14.3 Å². The van der Waals surface area contributed by atoms with Crippen LogP contribution in [0.1, 0.15) is 33.3 Å². The maximum Gasteiger partial charge on any atom is 0.321 e. The lowest BCUT2D eigenvalue weighted by Gasteiger charge is -2.23. The van der Waals surface area contributed by atoms with Crippen LogP contribution in [0, 0.1) is 0 Å². The Balaban J connectivity index is 2.95. The number of hydrogen-bond acceptors (Lipinski definition) is 4. The summed E-state index contributed by atoms with van der Waals surface area (Å²) in [5.41, 5.74) is 1.82. The van der Waals surface area contributed by atoms with Crippen LogP contribution in [0.4, 0.5) is 10.5 Å². The number of methoxy groups -OCH3 is 1. The number of hydrogen-bond donors (Lipinski definition) is 3. The Bertz CT molecular complexity index is 550. The van der Waals surface area contributed by atoms with Crippen LogP contribution in [0.15, 0.2) is 18.2 Å². The first-order valence-corrected chi connectivity index (χ1v) is 7.16. The van der Waals surface area contributed by atoms with Crippen molar-refractivity contribution in [1.29, 1.82) is 0 Å². The molecule has 0 heterocycles. The van der Waals surface area contributed by atoms with Crippen LogP contribution in [-0.4, -0.2) is 32.1 Å². The van der Waals surface area contributed by atoms with E-state index in [0.717, 1.165) is 11.3 Å². The summed E-state index contributed by atoms with van der Waals surface area (Å²) in [5, 5.41) is 7.67. The smallest absolute Gasteiger partial charge is 0.321 e. The molecule has 1 atom stereocenters. The second-order valence-electron chi connectivity index (χ2n) is 6.10. The predicted molar refractivity (Wildman–Crippen MR) is 87.4 cm³/mol. The second kappa shape index (κ2) is 7.15. The molecular formula is C16H25N3O3. The zero-order valence-electron chi connectivity index (χ0n) is 14.0. The van der Waals surface area contributed by atoms with Gasteiger partial charge < -0.3 is 15.4 Å². The molecule has 122 valence electrons. The Kier molecular flexibility index (Phi) is 5.79. The molecule has 0 unspecified atom stereocenters. The van der Waals surface area contributed by atoms with Gasteiger partial charge in [-0.2, -0.15) is 0 Å². The van der Waals surface area contributed by atoms with E-state index < -0.39 is 18.0 Å². The Morgan fingerprint density at radius 3 is 2.36 bits per heavy atom. The van der Waals surface area contributed by atoms with E-state index in [-0.39, 0.29) is 5.41 Å². The number of rotatable bonds is 4. The Morgan fingerprint density at radius 1 is 1.23 bits per heavy atom. The second-order valence-corrected chi connectivity index (χ2v) is 6.10. The van der Waals surface area contributed by atoms with Crippen molar-refractivity contribution in [3.05, 3.63) is 23.8 Å². The highest BCUT2D eigenvalue weighted by atomic mass is 16.5. The van der Waals surface area contributed by atoms with Gasteiger partial charge in [0.1, 0.15) is 11.8 Å². The summed E-state index contributed by atoms with van der Waals surface area (Å²) < 4.78 is 5.32. The Labute approximate surface area is 131 Å². The molecule has 0 bridgehead atoms. The lowest BCUT2D eigenvalue weighted by molar-refractivity contribution is -0.120. The Morgan fingerprint density at radius 2 is 1.86 bits per heavy atom. The summed E-state index contributed by atoms with van der Waals surface area (Å²) in [6.07, 6.45) is 0. The zero-order valence-corrected chi connectivity index (χ0v) is 14.0. The molecule has 1 rings (SSSR count). The minimum atomic E-state index is -0.582. The highest BCUT2D eigenvalue weighted by Crippen LogP contribution is 2.31. The number of benzene rings is 1. The normalized spacial score (nSPS) is 12.3. The Hall–Kier alpha value is -2.24. The van der Waals surface area contributed by atoms with Gasteiger partial charge in [0.25, 0.3) is 0 Å². The molecule has 0 spiro atoms. The summed E-state index contributed by atoms with van der Waals surface area (Å²) in [5.74, 6) is 0.232. The average Bonchev–Trinajstić information content (AvgIpc) is 2.45. The number of carbonyl (C=O) groups is 2. The van der Waals surface area contributed by atoms with E-state index >= 15 is 0 Å². The number of anilines is 1. The molecular weight excluding hydrogens is 282 g/mol. The van der Waals surface area contributed by atoms with Crippen molar-refractivity contribution in [2.24, 2.45) is 0 Å². The zero-order chi connectivity index (χ0) is 16.9. The molecule has 22 heavy (non-hydrogen) atoms. The van der Waals surface area contributed by atoms with Crippen molar-refractivity contribution in [3.8, 4) is 5.75 Å². The summed E-state index contributed by atoms with van der Waals surface area (Å²) in [7, 11) is 3.03. The number of amides is 3. The first-order chi connectivity index (χ1) is 10.2. The maximum atomic E-state index is 11.9. The molecule has 6 heteroatoms. The van der Waals surface area contributed by atoms with E-state index in [1.54, 1.807) is 14.0 Å². The summed E-state index contributed by atoms with van der Waals surface area (Å²) in [6.45, 7) is 8.02. The molecule has 0 radical (unpaired) electrons. The number of ether oxygens (including phenoxy) is 1. The van der Waals surface area contributed by atoms with Crippen molar-refractivity contribution in [2.75, 3.05) is 19.5 Å². The predicted octanol–water partition coefficient (Wildman–Crippen LogP) is 2.25. The molecule has 0 aromatic heterocycles. The fourth-order valence-corrected chi connectivity index (χ4v) is 1.87. The molecule has 0 aliphatic heterocycles. The van der Waals surface area contributed by atoms with Crippen LogP contribution in [0.25, 0.3) is 0 Å². The molecule has 0 aliphatic rings. The SMILES string of the molecule is CNC(=O)NC(=O)[C@@H](C)Nc1cc(C(C)(C)C)ccc1OC. The third kappa shape index (κ3) is 4.65. The number of imide groups is 1. The first-order valence-electron chi connectivity index (χ1n) is 7.16. The van der Waals surface area contributed by atoms with E-state index in [1.807, 2.05) is 18.2 Å². The summed E-state index contributed by atoms with van der Waals surface area (Å²) >= 11 is 0. The highest BCUT2D eigenvalue weighted by Gasteiger charge is 2.19. The van der Waals surface area contributed by atoms with E-state index in [1.165, 1.54) is 7.05 Å². The van der Waals surface area contributed by atoms with Crippen LogP contribution in [0.5, 0.6) is 5.75 Å². The monoisotopic (exact) mass is 307 g/mol. The minimum absolute atomic E-state index is 0.0176. The fraction of sp³-hybridized carbons (Fsp3) is 0.500. The van der Waals surface area contributed by atoms with E-state index in [9.17, 15) is 9.59 Å². The molecule has 0 fully saturated rings. The summed E-state index contributed by atoms with van der Waals surface area (Å²) in [6, 6.07) is 4.71. The van der Waals surface area contributed by atoms with Gasteiger partial charge in [-0.15, -0.1) is 0 Å². The maximum absolute atomic E-state index is 11.9. The standard InChI is InChI=1S/C16H25N3O3/c1-10(14(20)19-15(21)17-5)18-12-9-11(16(2,3)4)7-8-13(12)22-6/h7-10,18H,1-6H3,(H2,17,19,20,21)/t10-/m1/s1. The lowest BCUT2D eigenvalue weighted by Crippen LogP contribution is -2.44. The van der Waals surface area contributed by atoms with Crippen molar-refractivity contribution in [2.45, 2.75) is 39.2 Å². The van der Waals surface area contributed by atoms with E-state index in [0.29, 0.717) is 5.75 Å². The van der Waals surface area contributed by atoms with Crippen molar-refractivity contribution >= 4 is 17.6 Å². The van der Waals surface area contributed by atoms with Gasteiger partial charge in [0.15, 0.2) is 0 Å². The number of urea groups is 1. The van der Waals surface area contributed by atoms with Crippen molar-refractivity contribution in [1.82, 2.24) is 10.6 Å². The van der Waals surface area contributed by atoms with Gasteiger partial charge in [0.2, 0.25) is 5.91 Å². The quantitative estimate of drug-likeness (QED) is 0.797. The van der Waals surface area contributed by atoms with E-state index in [4.69, 9.17) is 4.74 Å². The topological polar surface area (TPSA) is 79.5 Å². The molecule has 3 amide bonds. The van der Waals surface area contributed by atoms with Crippen LogP contribution in [0.3, 0.4) is 0 Å². The third-order valence-electron chi connectivity index (χ3n) is 3.29. The third-order valence-corrected chi connectivity index (χ3v) is 3.29. The van der Waals surface area contributed by atoms with Gasteiger partial charge in [-0.05, 0) is 30.0 Å². The van der Waals surface area contributed by atoms with Crippen LogP contribution < -0.4 is 20.7 Å². The molecule has 0 saturated carbocycles. The van der Waals surface area contributed by atoms with Gasteiger partial charge in [0, 0.05) is 7.05 Å². The first kappa shape index (κ1) is 17.8. The molecule has 6 nitrogen and oxygen atoms in total. The van der Waals surface area contributed by atoms with Gasteiger partial charge >= 0.3 is 6.03 Å². The average molecular weight is 307 g/mol. The molecule has 3 N–H and O–H groups in total. The largest absolute Gasteiger partial charge is 0.495 e. The fourth-order valence-electron chi connectivity index (χ4n) is 1.87. The van der Waals surface area contributed by atoms with Gasteiger partial charge in [-0.3, -0.25) is 10.1 Å². The van der Waals surface area contributed by atoms with Gasteiger partial charge in [0.05, 0.1) is 12.8 Å². The number of carbonyl (C=O) groups excluding carboxylic acids is 2.